The zero-order chi connectivity index (χ0) is 14.8. The van der Waals surface area contributed by atoms with Gasteiger partial charge in [0, 0.05) is 12.6 Å². The van der Waals surface area contributed by atoms with Gasteiger partial charge in [-0.3, -0.25) is 4.79 Å². The Bertz CT molecular complexity index is 455. The summed E-state index contributed by atoms with van der Waals surface area (Å²) in [5.74, 6) is -0.531. The second kappa shape index (κ2) is 5.96. The van der Waals surface area contributed by atoms with Gasteiger partial charge in [-0.2, -0.15) is 0 Å². The van der Waals surface area contributed by atoms with Crippen LogP contribution in [-0.2, 0) is 11.3 Å². The summed E-state index contributed by atoms with van der Waals surface area (Å²) in [6, 6.07) is 10.7. The minimum absolute atomic E-state index is 0.168. The maximum Gasteiger partial charge on any atom is 0.307 e. The predicted octanol–water partition coefficient (Wildman–Crippen LogP) is 3.30. The molecule has 3 unspecified atom stereocenters. The third-order valence-corrected chi connectivity index (χ3v) is 5.15. The van der Waals surface area contributed by atoms with E-state index in [1.807, 2.05) is 18.2 Å². The lowest BCUT2D eigenvalue weighted by molar-refractivity contribution is -0.150. The van der Waals surface area contributed by atoms with E-state index in [4.69, 9.17) is 0 Å². The van der Waals surface area contributed by atoms with Gasteiger partial charge in [-0.25, -0.2) is 0 Å². The summed E-state index contributed by atoms with van der Waals surface area (Å²) in [7, 11) is 0. The molecule has 0 aliphatic heterocycles. The summed E-state index contributed by atoms with van der Waals surface area (Å²) in [4.78, 5) is 11.4. The van der Waals surface area contributed by atoms with Gasteiger partial charge in [0.2, 0.25) is 0 Å². The second-order valence-corrected chi connectivity index (χ2v) is 6.55. The van der Waals surface area contributed by atoms with Crippen molar-refractivity contribution in [3.05, 3.63) is 35.9 Å². The summed E-state index contributed by atoms with van der Waals surface area (Å²) in [6.07, 6.45) is 1.70. The molecule has 3 heteroatoms. The van der Waals surface area contributed by atoms with Crippen molar-refractivity contribution in [2.75, 3.05) is 0 Å². The van der Waals surface area contributed by atoms with E-state index in [1.165, 1.54) is 5.56 Å². The summed E-state index contributed by atoms with van der Waals surface area (Å²) >= 11 is 0. The minimum atomic E-state index is -0.650. The molecule has 1 fully saturated rings. The van der Waals surface area contributed by atoms with Gasteiger partial charge in [0.15, 0.2) is 0 Å². The van der Waals surface area contributed by atoms with Crippen molar-refractivity contribution in [2.45, 2.75) is 46.2 Å². The Morgan fingerprint density at radius 2 is 1.95 bits per heavy atom. The van der Waals surface area contributed by atoms with E-state index in [0.29, 0.717) is 12.0 Å². The maximum atomic E-state index is 11.4. The number of hydrogen-bond donors (Lipinski definition) is 2. The number of carboxylic acid groups (broad SMARTS) is 1. The van der Waals surface area contributed by atoms with Crippen LogP contribution in [0.1, 0.15) is 39.2 Å². The van der Waals surface area contributed by atoms with Crippen LogP contribution in [-0.4, -0.2) is 17.1 Å². The Morgan fingerprint density at radius 3 is 2.55 bits per heavy atom. The van der Waals surface area contributed by atoms with E-state index in [0.717, 1.165) is 19.4 Å². The van der Waals surface area contributed by atoms with Crippen molar-refractivity contribution < 1.29 is 9.90 Å². The molecule has 2 N–H and O–H groups in total. The van der Waals surface area contributed by atoms with Gasteiger partial charge in [-0.05, 0) is 29.7 Å². The van der Waals surface area contributed by atoms with Crippen LogP contribution in [0.4, 0.5) is 0 Å². The van der Waals surface area contributed by atoms with Gasteiger partial charge in [-0.15, -0.1) is 0 Å². The van der Waals surface area contributed by atoms with Crippen molar-refractivity contribution >= 4 is 5.97 Å². The molecule has 0 bridgehead atoms. The number of hydrogen-bond acceptors (Lipinski definition) is 2. The van der Waals surface area contributed by atoms with Crippen LogP contribution in [0.3, 0.4) is 0 Å². The number of carbonyl (C=O) groups is 1. The lowest BCUT2D eigenvalue weighted by Gasteiger charge is -2.46. The van der Waals surface area contributed by atoms with Crippen molar-refractivity contribution in [3.8, 4) is 0 Å². The summed E-state index contributed by atoms with van der Waals surface area (Å²) < 4.78 is 0. The zero-order valence-corrected chi connectivity index (χ0v) is 12.6. The first kappa shape index (κ1) is 15.0. The number of carboxylic acids is 1. The number of nitrogens with one attached hydrogen (secondary N) is 1. The van der Waals surface area contributed by atoms with E-state index in [9.17, 15) is 9.90 Å². The lowest BCUT2D eigenvalue weighted by atomic mass is 9.61. The van der Waals surface area contributed by atoms with E-state index < -0.39 is 5.97 Å². The molecule has 1 aliphatic rings. The highest BCUT2D eigenvalue weighted by atomic mass is 16.4. The first-order valence-corrected chi connectivity index (χ1v) is 7.43. The molecule has 0 spiro atoms. The van der Waals surface area contributed by atoms with E-state index >= 15 is 0 Å². The lowest BCUT2D eigenvalue weighted by Crippen LogP contribution is -2.50. The first-order valence-electron chi connectivity index (χ1n) is 7.43. The Labute approximate surface area is 121 Å². The maximum absolute atomic E-state index is 11.4. The third-order valence-electron chi connectivity index (χ3n) is 5.15. The molecular formula is C17H25NO2. The van der Waals surface area contributed by atoms with Gasteiger partial charge in [0.25, 0.3) is 0 Å². The third kappa shape index (κ3) is 3.04. The van der Waals surface area contributed by atoms with Crippen molar-refractivity contribution in [3.63, 3.8) is 0 Å². The fourth-order valence-corrected chi connectivity index (χ4v) is 3.37. The molecule has 3 atom stereocenters. The normalized spacial score (nSPS) is 29.1. The van der Waals surface area contributed by atoms with Crippen LogP contribution < -0.4 is 5.32 Å². The standard InChI is InChI=1S/C17H25NO2/c1-12-15(18-11-13-7-5-4-6-8-13)10-9-14(16(19)20)17(12,2)3/h4-8,12,14-15,18H,9-11H2,1-3H3,(H,19,20). The first-order chi connectivity index (χ1) is 9.43. The molecule has 110 valence electrons. The average Bonchev–Trinajstić information content (AvgIpc) is 2.41. The molecule has 0 saturated heterocycles. The van der Waals surface area contributed by atoms with Gasteiger partial charge in [-0.1, -0.05) is 51.1 Å². The molecule has 0 heterocycles. The summed E-state index contributed by atoms with van der Waals surface area (Å²) in [5.41, 5.74) is 1.11. The van der Waals surface area contributed by atoms with Gasteiger partial charge in [0.05, 0.1) is 5.92 Å². The van der Waals surface area contributed by atoms with Crippen molar-refractivity contribution in [1.29, 1.82) is 0 Å². The van der Waals surface area contributed by atoms with Crippen LogP contribution in [0.15, 0.2) is 30.3 Å². The van der Waals surface area contributed by atoms with E-state index in [-0.39, 0.29) is 11.3 Å². The molecule has 0 radical (unpaired) electrons. The highest BCUT2D eigenvalue weighted by Gasteiger charge is 2.45. The van der Waals surface area contributed by atoms with Crippen molar-refractivity contribution in [2.24, 2.45) is 17.3 Å². The highest BCUT2D eigenvalue weighted by Crippen LogP contribution is 2.45. The zero-order valence-electron chi connectivity index (χ0n) is 12.6. The largest absolute Gasteiger partial charge is 0.481 e. The summed E-state index contributed by atoms with van der Waals surface area (Å²) in [6.45, 7) is 7.21. The average molecular weight is 275 g/mol. The van der Waals surface area contributed by atoms with Crippen LogP contribution >= 0.6 is 0 Å². The van der Waals surface area contributed by atoms with Gasteiger partial charge >= 0.3 is 5.97 Å². The molecule has 1 saturated carbocycles. The molecule has 1 aromatic rings. The monoisotopic (exact) mass is 275 g/mol. The molecule has 3 nitrogen and oxygen atoms in total. The molecule has 0 aromatic heterocycles. The Hall–Kier alpha value is -1.35. The molecule has 2 rings (SSSR count). The van der Waals surface area contributed by atoms with Gasteiger partial charge < -0.3 is 10.4 Å². The summed E-state index contributed by atoms with van der Waals surface area (Å²) in [5, 5.41) is 13.0. The smallest absolute Gasteiger partial charge is 0.307 e. The van der Waals surface area contributed by atoms with Crippen LogP contribution in [0.2, 0.25) is 0 Å². The quantitative estimate of drug-likeness (QED) is 0.886. The number of benzene rings is 1. The number of aliphatic carboxylic acids is 1. The van der Waals surface area contributed by atoms with Crippen LogP contribution in [0, 0.1) is 17.3 Å². The second-order valence-electron chi connectivity index (χ2n) is 6.55. The Kier molecular flexibility index (Phi) is 4.48. The topological polar surface area (TPSA) is 49.3 Å². The highest BCUT2D eigenvalue weighted by molar-refractivity contribution is 5.71. The fraction of sp³-hybridized carbons (Fsp3) is 0.588. The Balaban J connectivity index is 1.99. The fourth-order valence-electron chi connectivity index (χ4n) is 3.37. The minimum Gasteiger partial charge on any atom is -0.481 e. The molecule has 20 heavy (non-hydrogen) atoms. The van der Waals surface area contributed by atoms with Crippen LogP contribution in [0.25, 0.3) is 0 Å². The van der Waals surface area contributed by atoms with Crippen molar-refractivity contribution in [1.82, 2.24) is 5.32 Å². The number of rotatable bonds is 4. The molecule has 1 aromatic carbocycles. The predicted molar refractivity (Wildman–Crippen MR) is 80.4 cm³/mol. The molecule has 1 aliphatic carbocycles. The van der Waals surface area contributed by atoms with Crippen LogP contribution in [0.5, 0.6) is 0 Å². The Morgan fingerprint density at radius 1 is 1.30 bits per heavy atom. The SMILES string of the molecule is CC1C(NCc2ccccc2)CCC(C(=O)O)C1(C)C. The molecule has 0 amide bonds. The van der Waals surface area contributed by atoms with E-state index in [2.05, 4.69) is 38.2 Å². The molecular weight excluding hydrogens is 250 g/mol. The van der Waals surface area contributed by atoms with E-state index in [1.54, 1.807) is 0 Å². The van der Waals surface area contributed by atoms with Gasteiger partial charge in [0.1, 0.15) is 0 Å².